The first-order valence-electron chi connectivity index (χ1n) is 6.93. The molecule has 0 spiro atoms. The zero-order valence-corrected chi connectivity index (χ0v) is 12.8. The maximum absolute atomic E-state index is 13.1. The molecule has 0 saturated heterocycles. The van der Waals surface area contributed by atoms with E-state index in [4.69, 9.17) is 11.6 Å². The molecule has 1 N–H and O–H groups in total. The molecule has 0 atom stereocenters. The van der Waals surface area contributed by atoms with Crippen LogP contribution in [-0.4, -0.2) is 40.0 Å². The van der Waals surface area contributed by atoms with E-state index in [2.05, 4.69) is 29.1 Å². The molecular weight excluding hydrogens is 300 g/mol. The van der Waals surface area contributed by atoms with E-state index in [0.717, 1.165) is 5.56 Å². The highest BCUT2D eigenvalue weighted by Crippen LogP contribution is 2.78. The molecule has 4 rings (SSSR count). The zero-order valence-electron chi connectivity index (χ0n) is 12.0. The predicted molar refractivity (Wildman–Crippen MR) is 75.7 cm³/mol. The third kappa shape index (κ3) is 1.43. The molecule has 0 bridgehead atoms. The molecule has 0 unspecified atom stereocenters. The van der Waals surface area contributed by atoms with Crippen molar-refractivity contribution in [3.8, 4) is 0 Å². The minimum atomic E-state index is -0.970. The van der Waals surface area contributed by atoms with Gasteiger partial charge in [0.2, 0.25) is 5.28 Å². The van der Waals surface area contributed by atoms with Gasteiger partial charge in [-0.05, 0) is 24.4 Å². The van der Waals surface area contributed by atoms with Crippen LogP contribution >= 0.6 is 11.6 Å². The van der Waals surface area contributed by atoms with Crippen molar-refractivity contribution in [1.82, 2.24) is 15.3 Å². The molecule has 21 heavy (non-hydrogen) atoms. The number of rotatable bonds is 3. The topological polar surface area (TPSA) is 44.3 Å². The Bertz CT molecular complexity index is 642. The Hall–Kier alpha value is -1.21. The molecule has 2 fully saturated rings. The second-order valence-electron chi connectivity index (χ2n) is 6.91. The van der Waals surface area contributed by atoms with Crippen LogP contribution in [0.4, 0.5) is 20.6 Å². The first kappa shape index (κ1) is 13.5. The van der Waals surface area contributed by atoms with Gasteiger partial charge in [0.25, 0.3) is 0 Å². The molecule has 3 aliphatic rings. The lowest BCUT2D eigenvalue weighted by Gasteiger charge is -2.24. The summed E-state index contributed by atoms with van der Waals surface area (Å²) in [4.78, 5) is 10.6. The third-order valence-corrected chi connectivity index (χ3v) is 5.38. The third-order valence-electron chi connectivity index (χ3n) is 5.21. The summed E-state index contributed by atoms with van der Waals surface area (Å²) in [6, 6.07) is 0. The van der Waals surface area contributed by atoms with E-state index < -0.39 is 16.4 Å². The number of anilines is 2. The fourth-order valence-electron chi connectivity index (χ4n) is 3.87. The number of aromatic nitrogens is 2. The Morgan fingerprint density at radius 1 is 1.29 bits per heavy atom. The second kappa shape index (κ2) is 3.57. The summed E-state index contributed by atoms with van der Waals surface area (Å²) < 4.78 is 26.1. The lowest BCUT2D eigenvalue weighted by atomic mass is 9.88. The monoisotopic (exact) mass is 315 g/mol. The van der Waals surface area contributed by atoms with Gasteiger partial charge in [-0.2, -0.15) is 0 Å². The van der Waals surface area contributed by atoms with Gasteiger partial charge in [0, 0.05) is 29.9 Å². The van der Waals surface area contributed by atoms with Gasteiger partial charge in [-0.25, -0.2) is 9.97 Å². The SMILES string of the molecule is CNc1nc(Cl)nc2c1C(C)(C)CN2C12CC1(N(F)F)C2. The zero-order chi connectivity index (χ0) is 15.2. The van der Waals surface area contributed by atoms with Crippen LogP contribution in [0.25, 0.3) is 0 Å². The Labute approximate surface area is 126 Å². The molecule has 8 heteroatoms. The Morgan fingerprint density at radius 3 is 2.48 bits per heavy atom. The molecule has 1 aromatic rings. The minimum Gasteiger partial charge on any atom is -0.373 e. The van der Waals surface area contributed by atoms with Crippen LogP contribution in [0.1, 0.15) is 32.3 Å². The Kier molecular flexibility index (Phi) is 2.29. The van der Waals surface area contributed by atoms with Crippen LogP contribution in [-0.2, 0) is 5.41 Å². The van der Waals surface area contributed by atoms with Gasteiger partial charge in [0.05, 0.1) is 5.54 Å². The molecule has 2 aliphatic carbocycles. The van der Waals surface area contributed by atoms with E-state index in [1.165, 1.54) is 0 Å². The molecule has 0 aromatic carbocycles. The summed E-state index contributed by atoms with van der Waals surface area (Å²) in [7, 11) is 1.78. The van der Waals surface area contributed by atoms with Gasteiger partial charge >= 0.3 is 0 Å². The van der Waals surface area contributed by atoms with Crippen LogP contribution in [0, 0.1) is 0 Å². The average Bonchev–Trinajstić information content (AvgIpc) is 3.18. The predicted octanol–water partition coefficient (Wildman–Crippen LogP) is 2.63. The normalized spacial score (nSPS) is 34.7. The fourth-order valence-corrected chi connectivity index (χ4v) is 4.04. The molecule has 0 radical (unpaired) electrons. The van der Waals surface area contributed by atoms with Crippen molar-refractivity contribution in [1.29, 1.82) is 0 Å². The maximum atomic E-state index is 13.1. The number of hydrogen-bond donors (Lipinski definition) is 1. The van der Waals surface area contributed by atoms with Crippen LogP contribution in [0.15, 0.2) is 0 Å². The van der Waals surface area contributed by atoms with E-state index in [0.29, 0.717) is 31.0 Å². The van der Waals surface area contributed by atoms with E-state index in [9.17, 15) is 8.96 Å². The Balaban J connectivity index is 1.82. The van der Waals surface area contributed by atoms with Crippen LogP contribution in [0.5, 0.6) is 0 Å². The molecule has 1 aromatic heterocycles. The molecule has 2 heterocycles. The second-order valence-corrected chi connectivity index (χ2v) is 7.25. The van der Waals surface area contributed by atoms with Gasteiger partial charge in [-0.1, -0.05) is 13.8 Å². The number of nitrogens with one attached hydrogen (secondary N) is 1. The van der Waals surface area contributed by atoms with Crippen LogP contribution in [0.3, 0.4) is 0 Å². The number of nitrogens with zero attached hydrogens (tertiary/aromatic N) is 4. The van der Waals surface area contributed by atoms with Crippen molar-refractivity contribution in [3.05, 3.63) is 10.8 Å². The van der Waals surface area contributed by atoms with Crippen molar-refractivity contribution in [2.24, 2.45) is 0 Å². The molecular formula is C13H16ClF2N5. The van der Waals surface area contributed by atoms with Crippen LogP contribution < -0.4 is 10.2 Å². The van der Waals surface area contributed by atoms with Gasteiger partial charge < -0.3 is 10.2 Å². The van der Waals surface area contributed by atoms with Crippen molar-refractivity contribution >= 4 is 23.2 Å². The standard InChI is InChI=1S/C13H16ClF2N5/c1-11(2)6-20(12-4-13(12,5-12)21(15)16)9-7(11)8(17-3)18-10(14)19-9/h4-6H2,1-3H3,(H,17,18,19). The van der Waals surface area contributed by atoms with Crippen LogP contribution in [0.2, 0.25) is 5.28 Å². The number of hydrogen-bond acceptors (Lipinski definition) is 5. The maximum Gasteiger partial charge on any atom is 0.226 e. The molecule has 114 valence electrons. The largest absolute Gasteiger partial charge is 0.373 e. The highest BCUT2D eigenvalue weighted by molar-refractivity contribution is 6.28. The summed E-state index contributed by atoms with van der Waals surface area (Å²) in [5.41, 5.74) is -0.689. The van der Waals surface area contributed by atoms with Gasteiger partial charge in [-0.3, -0.25) is 0 Å². The molecule has 5 nitrogen and oxygen atoms in total. The number of fused-ring (bicyclic) bond motifs is 2. The van der Waals surface area contributed by atoms with Gasteiger partial charge in [0.1, 0.15) is 17.2 Å². The summed E-state index contributed by atoms with van der Waals surface area (Å²) >= 11 is 6.00. The van der Waals surface area contributed by atoms with Crippen molar-refractivity contribution < 1.29 is 8.96 Å². The quantitative estimate of drug-likeness (QED) is 0.686. The van der Waals surface area contributed by atoms with Gasteiger partial charge in [0.15, 0.2) is 0 Å². The lowest BCUT2D eigenvalue weighted by molar-refractivity contribution is -0.181. The first-order chi connectivity index (χ1) is 9.77. The number of halogens is 3. The summed E-state index contributed by atoms with van der Waals surface area (Å²) in [5.74, 6) is 1.38. The summed E-state index contributed by atoms with van der Waals surface area (Å²) in [5, 5.41) is 2.56. The van der Waals surface area contributed by atoms with Crippen molar-refractivity contribution in [2.45, 2.75) is 43.2 Å². The molecule has 2 saturated carbocycles. The van der Waals surface area contributed by atoms with Crippen molar-refractivity contribution in [2.75, 3.05) is 23.8 Å². The highest BCUT2D eigenvalue weighted by Gasteiger charge is 2.91. The highest BCUT2D eigenvalue weighted by atomic mass is 35.5. The summed E-state index contributed by atoms with van der Waals surface area (Å²) in [6.07, 6.45) is 0.970. The first-order valence-corrected chi connectivity index (χ1v) is 7.30. The van der Waals surface area contributed by atoms with Gasteiger partial charge in [-0.15, -0.1) is 8.96 Å². The fraction of sp³-hybridized carbons (Fsp3) is 0.692. The molecule has 0 amide bonds. The van der Waals surface area contributed by atoms with E-state index in [-0.39, 0.29) is 10.7 Å². The van der Waals surface area contributed by atoms with Crippen molar-refractivity contribution in [3.63, 3.8) is 0 Å². The van der Waals surface area contributed by atoms with E-state index in [1.54, 1.807) is 7.05 Å². The van der Waals surface area contributed by atoms with E-state index in [1.807, 2.05) is 4.90 Å². The smallest absolute Gasteiger partial charge is 0.226 e. The summed E-state index contributed by atoms with van der Waals surface area (Å²) in [6.45, 7) is 4.81. The lowest BCUT2D eigenvalue weighted by Crippen LogP contribution is -2.35. The molecule has 1 aliphatic heterocycles. The minimum absolute atomic E-state index is 0.140. The Morgan fingerprint density at radius 2 is 1.95 bits per heavy atom. The van der Waals surface area contributed by atoms with E-state index >= 15 is 0 Å². The average molecular weight is 316 g/mol.